The number of rotatable bonds is 5. The molecule has 0 radical (unpaired) electrons. The van der Waals surface area contributed by atoms with Gasteiger partial charge in [-0.1, -0.05) is 30.3 Å². The largest absolute Gasteiger partial charge is 0.490 e. The zero-order chi connectivity index (χ0) is 21.9. The first-order chi connectivity index (χ1) is 15.7. The van der Waals surface area contributed by atoms with E-state index in [2.05, 4.69) is 28.5 Å². The Labute approximate surface area is 188 Å². The van der Waals surface area contributed by atoms with E-state index in [1.54, 1.807) is 0 Å². The molecule has 1 N–H and O–H groups in total. The molecule has 0 aliphatic carbocycles. The summed E-state index contributed by atoms with van der Waals surface area (Å²) in [6.07, 6.45) is 5.35. The number of hydrogen-bond donors (Lipinski definition) is 1. The van der Waals surface area contributed by atoms with Gasteiger partial charge >= 0.3 is 0 Å². The maximum absolute atomic E-state index is 12.5. The van der Waals surface area contributed by atoms with E-state index >= 15 is 0 Å². The zero-order valence-electron chi connectivity index (χ0n) is 18.4. The Balaban J connectivity index is 1.23. The summed E-state index contributed by atoms with van der Waals surface area (Å²) in [5, 5.41) is 4.45. The Morgan fingerprint density at radius 3 is 2.59 bits per heavy atom. The molecule has 2 aliphatic heterocycles. The van der Waals surface area contributed by atoms with E-state index in [-0.39, 0.29) is 18.1 Å². The molecule has 5 rings (SSSR count). The maximum atomic E-state index is 12.5. The Morgan fingerprint density at radius 1 is 1.09 bits per heavy atom. The van der Waals surface area contributed by atoms with Crippen molar-refractivity contribution in [1.29, 1.82) is 0 Å². The van der Waals surface area contributed by atoms with Gasteiger partial charge in [-0.2, -0.15) is 0 Å². The van der Waals surface area contributed by atoms with E-state index in [1.807, 2.05) is 48.5 Å². The van der Waals surface area contributed by atoms with Crippen LogP contribution in [-0.4, -0.2) is 54.7 Å². The summed E-state index contributed by atoms with van der Waals surface area (Å²) in [7, 11) is 1.94. The second-order valence-electron chi connectivity index (χ2n) is 8.48. The van der Waals surface area contributed by atoms with E-state index < -0.39 is 0 Å². The van der Waals surface area contributed by atoms with Crippen LogP contribution in [0.2, 0.25) is 0 Å². The fourth-order valence-electron chi connectivity index (χ4n) is 4.71. The molecule has 1 amide bonds. The Hall–Kier alpha value is -3.12. The third-order valence-electron chi connectivity index (χ3n) is 6.45. The summed E-state index contributed by atoms with van der Waals surface area (Å²) in [5.41, 5.74) is 4.22. The number of hydrogen-bond acceptors (Lipinski definition) is 5. The molecule has 3 aromatic rings. The van der Waals surface area contributed by atoms with Gasteiger partial charge in [0.1, 0.15) is 18.0 Å². The van der Waals surface area contributed by atoms with Gasteiger partial charge in [-0.15, -0.1) is 0 Å². The molecule has 3 heterocycles. The quantitative estimate of drug-likeness (QED) is 0.645. The maximum Gasteiger partial charge on any atom is 0.251 e. The van der Waals surface area contributed by atoms with Crippen molar-refractivity contribution < 1.29 is 14.3 Å². The van der Waals surface area contributed by atoms with Gasteiger partial charge in [0.2, 0.25) is 0 Å². The average Bonchev–Trinajstić information content (AvgIpc) is 3.39. The SMILES string of the molecule is CNc1c(-c2ccc(OC3CCN(C(=O)[C@H]4CCCO4)CC3)cc2)cnc2ccccc12. The van der Waals surface area contributed by atoms with Crippen LogP contribution in [-0.2, 0) is 9.53 Å². The molecule has 1 atom stereocenters. The Bertz CT molecular complexity index is 1090. The summed E-state index contributed by atoms with van der Waals surface area (Å²) in [6.45, 7) is 2.17. The van der Waals surface area contributed by atoms with Crippen molar-refractivity contribution in [1.82, 2.24) is 9.88 Å². The lowest BCUT2D eigenvalue weighted by Crippen LogP contribution is -2.45. The second-order valence-corrected chi connectivity index (χ2v) is 8.48. The number of ether oxygens (including phenoxy) is 2. The third-order valence-corrected chi connectivity index (χ3v) is 6.45. The van der Waals surface area contributed by atoms with Gasteiger partial charge in [-0.3, -0.25) is 9.78 Å². The van der Waals surface area contributed by atoms with E-state index in [4.69, 9.17) is 9.47 Å². The number of carbonyl (C=O) groups excluding carboxylic acids is 1. The molecule has 6 heteroatoms. The van der Waals surface area contributed by atoms with E-state index in [0.717, 1.165) is 72.2 Å². The molecular weight excluding hydrogens is 402 g/mol. The number of nitrogens with zero attached hydrogens (tertiary/aromatic N) is 2. The topological polar surface area (TPSA) is 63.7 Å². The normalized spacial score (nSPS) is 19.3. The fraction of sp³-hybridized carbons (Fsp3) is 0.385. The van der Waals surface area contributed by atoms with Crippen LogP contribution in [0.3, 0.4) is 0 Å². The minimum absolute atomic E-state index is 0.129. The van der Waals surface area contributed by atoms with E-state index in [9.17, 15) is 4.79 Å². The van der Waals surface area contributed by atoms with Crippen LogP contribution in [0, 0.1) is 0 Å². The summed E-state index contributed by atoms with van der Waals surface area (Å²) >= 11 is 0. The number of aromatic nitrogens is 1. The first-order valence-electron chi connectivity index (χ1n) is 11.5. The minimum Gasteiger partial charge on any atom is -0.490 e. The number of piperidine rings is 1. The van der Waals surface area contributed by atoms with Crippen molar-refractivity contribution in [2.24, 2.45) is 0 Å². The van der Waals surface area contributed by atoms with Crippen LogP contribution < -0.4 is 10.1 Å². The highest BCUT2D eigenvalue weighted by molar-refractivity contribution is 5.99. The first kappa shape index (κ1) is 20.8. The number of para-hydroxylation sites is 1. The van der Waals surface area contributed by atoms with E-state index in [0.29, 0.717) is 6.61 Å². The summed E-state index contributed by atoms with van der Waals surface area (Å²) in [4.78, 5) is 19.1. The molecular formula is C26H29N3O3. The Kier molecular flexibility index (Phi) is 5.95. The third kappa shape index (κ3) is 4.15. The van der Waals surface area contributed by atoms with Crippen LogP contribution in [0.1, 0.15) is 25.7 Å². The fourth-order valence-corrected chi connectivity index (χ4v) is 4.71. The van der Waals surface area contributed by atoms with Crippen molar-refractivity contribution in [3.63, 3.8) is 0 Å². The lowest BCUT2D eigenvalue weighted by atomic mass is 10.0. The highest BCUT2D eigenvalue weighted by Crippen LogP contribution is 2.34. The molecule has 6 nitrogen and oxygen atoms in total. The van der Waals surface area contributed by atoms with Gasteiger partial charge in [0, 0.05) is 56.7 Å². The molecule has 2 saturated heterocycles. The predicted molar refractivity (Wildman–Crippen MR) is 126 cm³/mol. The molecule has 1 aromatic heterocycles. The van der Waals surface area contributed by atoms with Gasteiger partial charge in [0.05, 0.1) is 11.2 Å². The second kappa shape index (κ2) is 9.17. The number of pyridine rings is 1. The van der Waals surface area contributed by atoms with Crippen molar-refractivity contribution in [2.45, 2.75) is 37.9 Å². The first-order valence-corrected chi connectivity index (χ1v) is 11.5. The van der Waals surface area contributed by atoms with Crippen molar-refractivity contribution >= 4 is 22.5 Å². The van der Waals surface area contributed by atoms with Crippen molar-refractivity contribution in [3.8, 4) is 16.9 Å². The smallest absolute Gasteiger partial charge is 0.251 e. The van der Waals surface area contributed by atoms with Gasteiger partial charge in [-0.05, 0) is 36.6 Å². The van der Waals surface area contributed by atoms with Gasteiger partial charge in [0.25, 0.3) is 5.91 Å². The summed E-state index contributed by atoms with van der Waals surface area (Å²) in [5.74, 6) is 1.01. The standard InChI is InChI=1S/C26H29N3O3/c1-27-25-21-5-2-3-6-23(21)28-17-22(25)18-8-10-19(11-9-18)32-20-12-14-29(15-13-20)26(30)24-7-4-16-31-24/h2-3,5-6,8-11,17,20,24H,4,7,12-16H2,1H3,(H,27,28)/t24-/m1/s1. The lowest BCUT2D eigenvalue weighted by Gasteiger charge is -2.33. The molecule has 2 aromatic carbocycles. The molecule has 2 aliphatic rings. The van der Waals surface area contributed by atoms with Crippen LogP contribution >= 0.6 is 0 Å². The molecule has 0 saturated carbocycles. The number of likely N-dealkylation sites (tertiary alicyclic amines) is 1. The van der Waals surface area contributed by atoms with Crippen LogP contribution in [0.5, 0.6) is 5.75 Å². The number of carbonyl (C=O) groups is 1. The highest BCUT2D eigenvalue weighted by atomic mass is 16.5. The van der Waals surface area contributed by atoms with Crippen LogP contribution in [0.25, 0.3) is 22.0 Å². The van der Waals surface area contributed by atoms with Crippen molar-refractivity contribution in [3.05, 3.63) is 54.7 Å². The minimum atomic E-state index is -0.230. The number of benzene rings is 2. The number of fused-ring (bicyclic) bond motifs is 1. The molecule has 0 bridgehead atoms. The molecule has 0 spiro atoms. The van der Waals surface area contributed by atoms with Crippen LogP contribution in [0.4, 0.5) is 5.69 Å². The summed E-state index contributed by atoms with van der Waals surface area (Å²) in [6, 6.07) is 16.4. The monoisotopic (exact) mass is 431 g/mol. The molecule has 166 valence electrons. The summed E-state index contributed by atoms with van der Waals surface area (Å²) < 4.78 is 11.8. The molecule has 32 heavy (non-hydrogen) atoms. The van der Waals surface area contributed by atoms with Crippen LogP contribution in [0.15, 0.2) is 54.7 Å². The lowest BCUT2D eigenvalue weighted by molar-refractivity contribution is -0.142. The predicted octanol–water partition coefficient (Wildman–Crippen LogP) is 4.49. The van der Waals surface area contributed by atoms with E-state index in [1.165, 1.54) is 0 Å². The molecule has 0 unspecified atom stereocenters. The van der Waals surface area contributed by atoms with Gasteiger partial charge in [0.15, 0.2) is 0 Å². The van der Waals surface area contributed by atoms with Gasteiger partial charge < -0.3 is 19.7 Å². The van der Waals surface area contributed by atoms with Crippen molar-refractivity contribution in [2.75, 3.05) is 32.1 Å². The number of amides is 1. The highest BCUT2D eigenvalue weighted by Gasteiger charge is 2.31. The number of nitrogens with one attached hydrogen (secondary N) is 1. The zero-order valence-corrected chi connectivity index (χ0v) is 18.4. The average molecular weight is 432 g/mol. The Morgan fingerprint density at radius 2 is 1.88 bits per heavy atom. The number of anilines is 1. The van der Waals surface area contributed by atoms with Gasteiger partial charge in [-0.25, -0.2) is 0 Å². The molecule has 2 fully saturated rings.